The molecule has 0 aromatic rings. The van der Waals surface area contributed by atoms with Crippen molar-refractivity contribution in [1.29, 1.82) is 0 Å². The quantitative estimate of drug-likeness (QED) is 0.621. The van der Waals surface area contributed by atoms with Crippen molar-refractivity contribution in [3.63, 3.8) is 0 Å². The Morgan fingerprint density at radius 1 is 1.18 bits per heavy atom. The number of sulfonamides is 1. The Morgan fingerprint density at radius 3 is 2.35 bits per heavy atom. The summed E-state index contributed by atoms with van der Waals surface area (Å²) in [7, 11) is -3.08. The molecule has 0 unspecified atom stereocenters. The minimum atomic E-state index is -3.08. The Morgan fingerprint density at radius 2 is 1.88 bits per heavy atom. The second-order valence-electron chi connectivity index (χ2n) is 4.97. The van der Waals surface area contributed by atoms with Crippen LogP contribution >= 0.6 is 0 Å². The van der Waals surface area contributed by atoms with Crippen LogP contribution in [-0.2, 0) is 10.0 Å². The third-order valence-corrected chi connectivity index (χ3v) is 5.20. The standard InChI is InChI=1S/C12H26N2O2S/c1-3-12(8-7-9-12)14-17(15,16)11-6-5-10-13-4-2/h13-14H,3-11H2,1-2H3. The van der Waals surface area contributed by atoms with Crippen LogP contribution in [0.15, 0.2) is 0 Å². The van der Waals surface area contributed by atoms with Crippen molar-refractivity contribution in [2.75, 3.05) is 18.8 Å². The molecule has 0 spiro atoms. The van der Waals surface area contributed by atoms with Crippen LogP contribution in [0.25, 0.3) is 0 Å². The summed E-state index contributed by atoms with van der Waals surface area (Å²) < 4.78 is 26.7. The summed E-state index contributed by atoms with van der Waals surface area (Å²) in [6.45, 7) is 5.97. The fourth-order valence-corrected chi connectivity index (χ4v) is 3.93. The van der Waals surface area contributed by atoms with Gasteiger partial charge in [0.05, 0.1) is 5.75 Å². The molecule has 0 aliphatic heterocycles. The molecule has 2 N–H and O–H groups in total. The lowest BCUT2D eigenvalue weighted by Crippen LogP contribution is -2.53. The van der Waals surface area contributed by atoms with Gasteiger partial charge in [0, 0.05) is 5.54 Å². The van der Waals surface area contributed by atoms with Crippen LogP contribution in [0, 0.1) is 0 Å². The van der Waals surface area contributed by atoms with Gasteiger partial charge in [-0.15, -0.1) is 0 Å². The molecule has 0 saturated heterocycles. The van der Waals surface area contributed by atoms with Crippen molar-refractivity contribution >= 4 is 10.0 Å². The van der Waals surface area contributed by atoms with Crippen molar-refractivity contribution in [1.82, 2.24) is 10.0 Å². The Kier molecular flexibility index (Phi) is 5.89. The number of rotatable bonds is 9. The molecule has 0 aromatic carbocycles. The van der Waals surface area contributed by atoms with E-state index >= 15 is 0 Å². The van der Waals surface area contributed by atoms with Crippen molar-refractivity contribution in [2.45, 2.75) is 57.9 Å². The highest BCUT2D eigenvalue weighted by atomic mass is 32.2. The summed E-state index contributed by atoms with van der Waals surface area (Å²) in [5.41, 5.74) is -0.111. The fraction of sp³-hybridized carbons (Fsp3) is 1.00. The van der Waals surface area contributed by atoms with E-state index in [0.717, 1.165) is 51.6 Å². The molecule has 1 aliphatic carbocycles. The molecule has 17 heavy (non-hydrogen) atoms. The van der Waals surface area contributed by atoms with Gasteiger partial charge >= 0.3 is 0 Å². The zero-order chi connectivity index (χ0) is 12.8. The van der Waals surface area contributed by atoms with Crippen molar-refractivity contribution in [2.24, 2.45) is 0 Å². The fourth-order valence-electron chi connectivity index (χ4n) is 2.23. The predicted molar refractivity (Wildman–Crippen MR) is 71.6 cm³/mol. The molecule has 0 atom stereocenters. The van der Waals surface area contributed by atoms with Gasteiger partial charge in [0.15, 0.2) is 0 Å². The van der Waals surface area contributed by atoms with Crippen LogP contribution in [-0.4, -0.2) is 32.8 Å². The van der Waals surface area contributed by atoms with E-state index in [4.69, 9.17) is 0 Å². The lowest BCUT2D eigenvalue weighted by molar-refractivity contribution is 0.214. The summed E-state index contributed by atoms with van der Waals surface area (Å²) >= 11 is 0. The highest BCUT2D eigenvalue weighted by Gasteiger charge is 2.38. The molecular weight excluding hydrogens is 236 g/mol. The van der Waals surface area contributed by atoms with Gasteiger partial charge in [-0.3, -0.25) is 0 Å². The minimum Gasteiger partial charge on any atom is -0.317 e. The summed E-state index contributed by atoms with van der Waals surface area (Å²) in [5.74, 6) is 0.264. The van der Waals surface area contributed by atoms with E-state index in [0.29, 0.717) is 0 Å². The Hall–Kier alpha value is -0.130. The molecule has 0 heterocycles. The number of unbranched alkanes of at least 4 members (excludes halogenated alkanes) is 1. The molecule has 0 bridgehead atoms. The first kappa shape index (κ1) is 14.9. The van der Waals surface area contributed by atoms with Gasteiger partial charge in [-0.25, -0.2) is 13.1 Å². The molecule has 1 saturated carbocycles. The van der Waals surface area contributed by atoms with Crippen molar-refractivity contribution in [3.05, 3.63) is 0 Å². The number of hydrogen-bond donors (Lipinski definition) is 2. The number of nitrogens with one attached hydrogen (secondary N) is 2. The van der Waals surface area contributed by atoms with Crippen LogP contribution < -0.4 is 10.0 Å². The van der Waals surface area contributed by atoms with Gasteiger partial charge in [0.2, 0.25) is 10.0 Å². The van der Waals surface area contributed by atoms with Crippen molar-refractivity contribution in [3.8, 4) is 0 Å². The van der Waals surface area contributed by atoms with E-state index in [1.165, 1.54) is 0 Å². The average molecular weight is 262 g/mol. The summed E-state index contributed by atoms with van der Waals surface area (Å²) in [6, 6.07) is 0. The third-order valence-electron chi connectivity index (χ3n) is 3.63. The second kappa shape index (κ2) is 6.71. The molecule has 0 radical (unpaired) electrons. The van der Waals surface area contributed by atoms with Crippen LogP contribution in [0.3, 0.4) is 0 Å². The van der Waals surface area contributed by atoms with Gasteiger partial charge < -0.3 is 5.32 Å². The molecule has 5 heteroatoms. The molecule has 4 nitrogen and oxygen atoms in total. The van der Waals surface area contributed by atoms with Crippen LogP contribution in [0.1, 0.15) is 52.4 Å². The zero-order valence-corrected chi connectivity index (χ0v) is 11.9. The first-order valence-electron chi connectivity index (χ1n) is 6.76. The van der Waals surface area contributed by atoms with E-state index in [1.807, 2.05) is 0 Å². The van der Waals surface area contributed by atoms with Gasteiger partial charge in [0.1, 0.15) is 0 Å². The Bertz CT molecular complexity index is 305. The van der Waals surface area contributed by atoms with E-state index < -0.39 is 10.0 Å². The summed E-state index contributed by atoms with van der Waals surface area (Å²) in [5, 5.41) is 3.20. The summed E-state index contributed by atoms with van der Waals surface area (Å²) in [6.07, 6.45) is 5.72. The molecule has 1 rings (SSSR count). The zero-order valence-electron chi connectivity index (χ0n) is 11.1. The topological polar surface area (TPSA) is 58.2 Å². The largest absolute Gasteiger partial charge is 0.317 e. The molecule has 1 fully saturated rings. The minimum absolute atomic E-state index is 0.111. The predicted octanol–water partition coefficient (Wildman–Crippen LogP) is 1.63. The van der Waals surface area contributed by atoms with Crippen LogP contribution in [0.2, 0.25) is 0 Å². The second-order valence-corrected chi connectivity index (χ2v) is 6.81. The lowest BCUT2D eigenvalue weighted by atomic mass is 9.76. The average Bonchev–Trinajstić information content (AvgIpc) is 2.23. The third kappa shape index (κ3) is 4.94. The van der Waals surface area contributed by atoms with E-state index in [-0.39, 0.29) is 11.3 Å². The highest BCUT2D eigenvalue weighted by Crippen LogP contribution is 2.35. The maximum atomic E-state index is 11.9. The monoisotopic (exact) mass is 262 g/mol. The van der Waals surface area contributed by atoms with Gasteiger partial charge in [-0.2, -0.15) is 0 Å². The van der Waals surface area contributed by atoms with Gasteiger partial charge in [0.25, 0.3) is 0 Å². The van der Waals surface area contributed by atoms with Crippen LogP contribution in [0.4, 0.5) is 0 Å². The molecule has 0 aromatic heterocycles. The van der Waals surface area contributed by atoms with E-state index in [9.17, 15) is 8.42 Å². The first-order valence-corrected chi connectivity index (χ1v) is 8.41. The summed E-state index contributed by atoms with van der Waals surface area (Å²) in [4.78, 5) is 0. The SMILES string of the molecule is CCNCCCCS(=O)(=O)NC1(CC)CCC1. The molecule has 1 aliphatic rings. The first-order chi connectivity index (χ1) is 8.04. The smallest absolute Gasteiger partial charge is 0.212 e. The normalized spacial score (nSPS) is 18.9. The Balaban J connectivity index is 2.26. The molecule has 102 valence electrons. The number of hydrogen-bond acceptors (Lipinski definition) is 3. The maximum absolute atomic E-state index is 11.9. The Labute approximate surface area is 106 Å². The maximum Gasteiger partial charge on any atom is 0.212 e. The van der Waals surface area contributed by atoms with Gasteiger partial charge in [-0.05, 0) is 51.6 Å². The lowest BCUT2D eigenvalue weighted by Gasteiger charge is -2.41. The van der Waals surface area contributed by atoms with Gasteiger partial charge in [-0.1, -0.05) is 13.8 Å². The van der Waals surface area contributed by atoms with E-state index in [1.54, 1.807) is 0 Å². The van der Waals surface area contributed by atoms with E-state index in [2.05, 4.69) is 23.9 Å². The highest BCUT2D eigenvalue weighted by molar-refractivity contribution is 7.89. The van der Waals surface area contributed by atoms with Crippen LogP contribution in [0.5, 0.6) is 0 Å². The molecule has 0 amide bonds. The molecular formula is C12H26N2O2S. The van der Waals surface area contributed by atoms with Crippen molar-refractivity contribution < 1.29 is 8.42 Å².